The van der Waals surface area contributed by atoms with E-state index in [2.05, 4.69) is 4.98 Å². The maximum Gasteiger partial charge on any atom is 0.185 e. The Hall–Kier alpha value is -1.12. The number of nitrogens with zero attached hydrogens (tertiary/aromatic N) is 3. The molecule has 0 aromatic carbocycles. The molecule has 1 aromatic rings. The highest BCUT2D eigenvalue weighted by Gasteiger charge is 2.11. The average molecular weight is 197 g/mol. The van der Waals surface area contributed by atoms with E-state index >= 15 is 0 Å². The van der Waals surface area contributed by atoms with Crippen LogP contribution in [0.2, 0.25) is 0 Å². The van der Waals surface area contributed by atoms with Crippen molar-refractivity contribution >= 4 is 16.5 Å². The predicted octanol–water partition coefficient (Wildman–Crippen LogP) is 1.16. The van der Waals surface area contributed by atoms with Gasteiger partial charge in [0.2, 0.25) is 0 Å². The van der Waals surface area contributed by atoms with Gasteiger partial charge in [-0.3, -0.25) is 0 Å². The lowest BCUT2D eigenvalue weighted by molar-refractivity contribution is 0.187. The molecule has 1 heterocycles. The fourth-order valence-corrected chi connectivity index (χ4v) is 1.65. The molecule has 0 saturated carbocycles. The number of anilines is 1. The first-order chi connectivity index (χ1) is 6.15. The van der Waals surface area contributed by atoms with Gasteiger partial charge in [-0.25, -0.2) is 4.98 Å². The maximum absolute atomic E-state index is 9.45. The Kier molecular flexibility index (Phi) is 3.23. The molecule has 0 saturated heterocycles. The summed E-state index contributed by atoms with van der Waals surface area (Å²) in [6.45, 7) is 0. The molecule has 1 atom stereocenters. The van der Waals surface area contributed by atoms with Crippen LogP contribution in [0.3, 0.4) is 0 Å². The molecule has 0 spiro atoms. The first-order valence-corrected chi connectivity index (χ1v) is 4.65. The number of hydrogen-bond donors (Lipinski definition) is 1. The Labute approximate surface area is 81.1 Å². The second-order valence-electron chi connectivity index (χ2n) is 2.82. The summed E-state index contributed by atoms with van der Waals surface area (Å²) in [5.74, 6) is 0. The van der Waals surface area contributed by atoms with Crippen LogP contribution in [-0.2, 0) is 0 Å². The molecule has 0 aliphatic heterocycles. The molecular weight excluding hydrogens is 186 g/mol. The van der Waals surface area contributed by atoms with Crippen molar-refractivity contribution in [2.24, 2.45) is 0 Å². The molecular formula is C8H11N3OS. The number of aliphatic hydroxyl groups is 1. The summed E-state index contributed by atoms with van der Waals surface area (Å²) >= 11 is 1.40. The summed E-state index contributed by atoms with van der Waals surface area (Å²) in [6.07, 6.45) is 1.04. The molecule has 1 rings (SSSR count). The van der Waals surface area contributed by atoms with Crippen molar-refractivity contribution in [3.63, 3.8) is 0 Å². The molecule has 1 N–H and O–H groups in total. The van der Waals surface area contributed by atoms with Crippen LogP contribution in [-0.4, -0.2) is 24.2 Å². The summed E-state index contributed by atoms with van der Waals surface area (Å²) in [5, 5.41) is 18.7. The van der Waals surface area contributed by atoms with Crippen molar-refractivity contribution in [2.45, 2.75) is 12.5 Å². The van der Waals surface area contributed by atoms with E-state index in [4.69, 9.17) is 5.26 Å². The van der Waals surface area contributed by atoms with Crippen molar-refractivity contribution in [2.75, 3.05) is 19.0 Å². The quantitative estimate of drug-likeness (QED) is 0.789. The predicted molar refractivity (Wildman–Crippen MR) is 51.6 cm³/mol. The molecule has 4 nitrogen and oxygen atoms in total. The van der Waals surface area contributed by atoms with Crippen LogP contribution in [0.1, 0.15) is 17.4 Å². The van der Waals surface area contributed by atoms with E-state index in [0.717, 1.165) is 10.0 Å². The zero-order valence-electron chi connectivity index (χ0n) is 7.56. The normalized spacial score (nSPS) is 12.2. The number of hydrogen-bond acceptors (Lipinski definition) is 5. The Morgan fingerprint density at radius 2 is 2.46 bits per heavy atom. The van der Waals surface area contributed by atoms with Crippen LogP contribution in [0.5, 0.6) is 0 Å². The molecule has 0 fully saturated rings. The highest BCUT2D eigenvalue weighted by Crippen LogP contribution is 2.27. The molecule has 5 heteroatoms. The Morgan fingerprint density at radius 1 is 1.77 bits per heavy atom. The first-order valence-electron chi connectivity index (χ1n) is 3.83. The van der Waals surface area contributed by atoms with Gasteiger partial charge in [0.05, 0.1) is 17.4 Å². The third kappa shape index (κ3) is 2.41. The van der Waals surface area contributed by atoms with Gasteiger partial charge in [0, 0.05) is 20.3 Å². The lowest BCUT2D eigenvalue weighted by Crippen LogP contribution is -2.07. The lowest BCUT2D eigenvalue weighted by atomic mass is 10.2. The average Bonchev–Trinajstić information content (AvgIpc) is 2.52. The summed E-state index contributed by atoms with van der Waals surface area (Å²) in [6, 6.07) is 1.92. The summed E-state index contributed by atoms with van der Waals surface area (Å²) in [7, 11) is 3.78. The van der Waals surface area contributed by atoms with Crippen molar-refractivity contribution in [3.05, 3.63) is 11.1 Å². The van der Waals surface area contributed by atoms with E-state index in [1.165, 1.54) is 11.3 Å². The number of aromatic nitrogens is 1. The van der Waals surface area contributed by atoms with Gasteiger partial charge >= 0.3 is 0 Å². The topological polar surface area (TPSA) is 60.1 Å². The zero-order chi connectivity index (χ0) is 9.84. The molecule has 1 unspecified atom stereocenters. The third-order valence-corrected chi connectivity index (χ3v) is 2.77. The van der Waals surface area contributed by atoms with E-state index < -0.39 is 6.10 Å². The largest absolute Gasteiger partial charge is 0.386 e. The fourth-order valence-electron chi connectivity index (χ4n) is 0.825. The number of rotatable bonds is 3. The van der Waals surface area contributed by atoms with Gasteiger partial charge in [0.15, 0.2) is 5.13 Å². The standard InChI is InChI=1S/C8H11N3OS/c1-11(2)8-10-5-7(13-8)6(12)3-4-9/h5-6,12H,3H2,1-2H3. The van der Waals surface area contributed by atoms with E-state index in [1.807, 2.05) is 25.1 Å². The number of aliphatic hydroxyl groups excluding tert-OH is 1. The minimum absolute atomic E-state index is 0.120. The van der Waals surface area contributed by atoms with E-state index in [0.29, 0.717) is 0 Å². The summed E-state index contributed by atoms with van der Waals surface area (Å²) in [5.41, 5.74) is 0. The highest BCUT2D eigenvalue weighted by molar-refractivity contribution is 7.15. The van der Waals surface area contributed by atoms with E-state index in [9.17, 15) is 5.11 Å². The van der Waals surface area contributed by atoms with Crippen molar-refractivity contribution < 1.29 is 5.11 Å². The minimum atomic E-state index is -0.698. The van der Waals surface area contributed by atoms with Crippen molar-refractivity contribution in [1.82, 2.24) is 4.98 Å². The van der Waals surface area contributed by atoms with Gasteiger partial charge < -0.3 is 10.0 Å². The fraction of sp³-hybridized carbons (Fsp3) is 0.500. The third-order valence-electron chi connectivity index (χ3n) is 1.51. The molecule has 0 bridgehead atoms. The van der Waals surface area contributed by atoms with Gasteiger partial charge in [-0.15, -0.1) is 0 Å². The number of thiazole rings is 1. The first kappa shape index (κ1) is 9.96. The van der Waals surface area contributed by atoms with Crippen molar-refractivity contribution in [3.8, 4) is 6.07 Å². The van der Waals surface area contributed by atoms with Crippen LogP contribution in [0, 0.1) is 11.3 Å². The molecule has 13 heavy (non-hydrogen) atoms. The minimum Gasteiger partial charge on any atom is -0.386 e. The van der Waals surface area contributed by atoms with Crippen LogP contribution >= 0.6 is 11.3 Å². The second-order valence-corrected chi connectivity index (χ2v) is 3.86. The van der Waals surface area contributed by atoms with Crippen molar-refractivity contribution in [1.29, 1.82) is 5.26 Å². The molecule has 0 aliphatic rings. The van der Waals surface area contributed by atoms with E-state index in [-0.39, 0.29) is 6.42 Å². The van der Waals surface area contributed by atoms with Gasteiger partial charge in [0.25, 0.3) is 0 Å². The zero-order valence-corrected chi connectivity index (χ0v) is 8.38. The van der Waals surface area contributed by atoms with Crippen LogP contribution < -0.4 is 4.90 Å². The summed E-state index contributed by atoms with van der Waals surface area (Å²) < 4.78 is 0. The SMILES string of the molecule is CN(C)c1ncc(C(O)CC#N)s1. The van der Waals surface area contributed by atoms with Gasteiger partial charge in [0.1, 0.15) is 6.10 Å². The Balaban J connectivity index is 2.74. The van der Waals surface area contributed by atoms with E-state index in [1.54, 1.807) is 6.20 Å². The molecule has 70 valence electrons. The van der Waals surface area contributed by atoms with Gasteiger partial charge in [-0.05, 0) is 0 Å². The van der Waals surface area contributed by atoms with Crippen LogP contribution in [0.15, 0.2) is 6.20 Å². The molecule has 0 amide bonds. The van der Waals surface area contributed by atoms with Crippen LogP contribution in [0.25, 0.3) is 0 Å². The maximum atomic E-state index is 9.45. The Morgan fingerprint density at radius 3 is 2.92 bits per heavy atom. The lowest BCUT2D eigenvalue weighted by Gasteiger charge is -2.05. The molecule has 0 aliphatic carbocycles. The Bertz CT molecular complexity index is 315. The highest BCUT2D eigenvalue weighted by atomic mass is 32.1. The monoisotopic (exact) mass is 197 g/mol. The van der Waals surface area contributed by atoms with Gasteiger partial charge in [-0.1, -0.05) is 11.3 Å². The second kappa shape index (κ2) is 4.21. The summed E-state index contributed by atoms with van der Waals surface area (Å²) in [4.78, 5) is 6.70. The smallest absolute Gasteiger partial charge is 0.185 e. The molecule has 0 radical (unpaired) electrons. The van der Waals surface area contributed by atoms with Crippen LogP contribution in [0.4, 0.5) is 5.13 Å². The van der Waals surface area contributed by atoms with Gasteiger partial charge in [-0.2, -0.15) is 5.26 Å². The number of nitriles is 1. The molecule has 1 aromatic heterocycles.